The molecule has 2 heterocycles. The van der Waals surface area contributed by atoms with E-state index in [1.165, 1.54) is 88.8 Å². The number of nitrogens with zero attached hydrogens (tertiary/aromatic N) is 2. The average Bonchev–Trinajstić information content (AvgIpc) is 3.25. The molecule has 2 heteroatoms. The highest BCUT2D eigenvalue weighted by Gasteiger charge is 2.21. The molecule has 2 aliphatic rings. The molecule has 0 saturated carbocycles. The Morgan fingerprint density at radius 1 is 0.444 bits per heavy atom. The van der Waals surface area contributed by atoms with Crippen LogP contribution in [0, 0.1) is 0 Å². The van der Waals surface area contributed by atoms with Gasteiger partial charge in [-0.3, -0.25) is 0 Å². The van der Waals surface area contributed by atoms with Crippen molar-refractivity contribution in [1.29, 1.82) is 0 Å². The van der Waals surface area contributed by atoms with Crippen LogP contribution in [-0.2, 0) is 12.8 Å². The van der Waals surface area contributed by atoms with Crippen LogP contribution in [0.4, 0.5) is 22.7 Å². The molecule has 260 valence electrons. The van der Waals surface area contributed by atoms with E-state index < -0.39 is 0 Å². The monoisotopic (exact) mass is 694 g/mol. The van der Waals surface area contributed by atoms with E-state index in [1.54, 1.807) is 0 Å². The molecule has 0 spiro atoms. The molecular weight excluding hydrogens is 653 g/mol. The zero-order valence-corrected chi connectivity index (χ0v) is 30.5. The predicted molar refractivity (Wildman–Crippen MR) is 230 cm³/mol. The van der Waals surface area contributed by atoms with Gasteiger partial charge in [0.2, 0.25) is 0 Å². The summed E-state index contributed by atoms with van der Waals surface area (Å²) in [6.45, 7) is 2.06. The number of hydrogen-bond acceptors (Lipinski definition) is 2. The van der Waals surface area contributed by atoms with Crippen molar-refractivity contribution in [1.82, 2.24) is 0 Å². The summed E-state index contributed by atoms with van der Waals surface area (Å²) in [6, 6.07) is 65.1. The maximum atomic E-state index is 2.52. The molecule has 0 aromatic heterocycles. The van der Waals surface area contributed by atoms with E-state index in [-0.39, 0.29) is 0 Å². The number of anilines is 4. The Hall–Kier alpha value is -6.38. The molecule has 0 fully saturated rings. The van der Waals surface area contributed by atoms with Crippen LogP contribution in [0.15, 0.2) is 176 Å². The fourth-order valence-corrected chi connectivity index (χ4v) is 8.83. The fraction of sp³-hybridized carbons (Fsp3) is 0.115. The van der Waals surface area contributed by atoms with E-state index in [1.807, 2.05) is 0 Å². The van der Waals surface area contributed by atoms with Crippen molar-refractivity contribution in [2.75, 3.05) is 22.9 Å². The first-order chi connectivity index (χ1) is 26.8. The lowest BCUT2D eigenvalue weighted by Gasteiger charge is -2.32. The van der Waals surface area contributed by atoms with Gasteiger partial charge in [0.25, 0.3) is 0 Å². The Labute approximate surface area is 318 Å². The molecule has 0 atom stereocenters. The van der Waals surface area contributed by atoms with Gasteiger partial charge in [0.05, 0.1) is 0 Å². The molecule has 2 nitrogen and oxygen atoms in total. The molecule has 2 aliphatic heterocycles. The Balaban J connectivity index is 1.13. The normalized spacial score (nSPS) is 13.8. The second-order valence-electron chi connectivity index (χ2n) is 14.7. The first-order valence-electron chi connectivity index (χ1n) is 19.4. The van der Waals surface area contributed by atoms with E-state index in [4.69, 9.17) is 0 Å². The second kappa shape index (κ2) is 13.9. The topological polar surface area (TPSA) is 6.48 Å². The highest BCUT2D eigenvalue weighted by atomic mass is 15.1. The zero-order chi connectivity index (χ0) is 35.8. The SMILES string of the molecule is C(=C(c1ccccc1)c1ccccc1)c1ccc(-c2c3ccc(N4CCCc5ccccc54)cc3cc3ccc(N4CCCc5ccccc54)cc23)cc1. The highest BCUT2D eigenvalue weighted by Crippen LogP contribution is 2.43. The molecule has 0 N–H and O–H groups in total. The number of para-hydroxylation sites is 2. The minimum Gasteiger partial charge on any atom is -0.341 e. The van der Waals surface area contributed by atoms with Crippen LogP contribution in [0.1, 0.15) is 40.7 Å². The molecule has 0 amide bonds. The van der Waals surface area contributed by atoms with E-state index in [9.17, 15) is 0 Å². The zero-order valence-electron chi connectivity index (χ0n) is 30.5. The van der Waals surface area contributed by atoms with Gasteiger partial charge in [-0.05, 0) is 140 Å². The lowest BCUT2D eigenvalue weighted by Crippen LogP contribution is -2.24. The predicted octanol–water partition coefficient (Wildman–Crippen LogP) is 13.4. The molecule has 54 heavy (non-hydrogen) atoms. The number of rotatable bonds is 6. The number of hydrogen-bond donors (Lipinski definition) is 0. The molecule has 0 radical (unpaired) electrons. The van der Waals surface area contributed by atoms with E-state index in [0.717, 1.165) is 38.8 Å². The molecule has 0 unspecified atom stereocenters. The molecule has 0 saturated heterocycles. The van der Waals surface area contributed by atoms with Crippen LogP contribution in [0.5, 0.6) is 0 Å². The molecule has 0 bridgehead atoms. The maximum Gasteiger partial charge on any atom is 0.0443 e. The smallest absolute Gasteiger partial charge is 0.0443 e. The summed E-state index contributed by atoms with van der Waals surface area (Å²) in [5.41, 5.74) is 15.4. The van der Waals surface area contributed by atoms with Gasteiger partial charge < -0.3 is 9.80 Å². The van der Waals surface area contributed by atoms with Crippen LogP contribution >= 0.6 is 0 Å². The molecular formula is C52H42N2. The van der Waals surface area contributed by atoms with Crippen molar-refractivity contribution in [3.8, 4) is 11.1 Å². The number of benzene rings is 8. The Morgan fingerprint density at radius 3 is 1.63 bits per heavy atom. The number of fused-ring (bicyclic) bond motifs is 4. The largest absolute Gasteiger partial charge is 0.341 e. The van der Waals surface area contributed by atoms with Crippen molar-refractivity contribution in [3.63, 3.8) is 0 Å². The maximum absolute atomic E-state index is 2.52. The Morgan fingerprint density at radius 2 is 1.00 bits per heavy atom. The van der Waals surface area contributed by atoms with Gasteiger partial charge in [-0.25, -0.2) is 0 Å². The van der Waals surface area contributed by atoms with Gasteiger partial charge in [0.15, 0.2) is 0 Å². The summed E-state index contributed by atoms with van der Waals surface area (Å²) < 4.78 is 0. The molecule has 8 aromatic carbocycles. The summed E-state index contributed by atoms with van der Waals surface area (Å²) >= 11 is 0. The van der Waals surface area contributed by atoms with Gasteiger partial charge in [0, 0.05) is 35.8 Å². The minimum absolute atomic E-state index is 1.03. The molecule has 8 aromatic rings. The van der Waals surface area contributed by atoms with Crippen LogP contribution in [0.3, 0.4) is 0 Å². The van der Waals surface area contributed by atoms with Gasteiger partial charge in [-0.15, -0.1) is 0 Å². The van der Waals surface area contributed by atoms with Crippen molar-refractivity contribution in [2.45, 2.75) is 25.7 Å². The van der Waals surface area contributed by atoms with Gasteiger partial charge in [-0.2, -0.15) is 0 Å². The van der Waals surface area contributed by atoms with Crippen LogP contribution in [0.25, 0.3) is 44.3 Å². The standard InChI is InChI=1S/C52H42N2/c1-3-13-38(14-4-1)48(39-15-5-2-6-16-39)33-37-23-25-42(26-24-37)52-47-30-29-45(53-31-11-19-40-17-7-9-21-50(40)53)35-44(47)34-43-27-28-46(36-49(43)52)54-32-12-20-41-18-8-10-22-51(41)54/h1-10,13-18,21-30,33-36H,11-12,19-20,31-32H2. The highest BCUT2D eigenvalue weighted by molar-refractivity contribution is 6.14. The second-order valence-corrected chi connectivity index (χ2v) is 14.7. The summed E-state index contributed by atoms with van der Waals surface area (Å²) in [5, 5.41) is 5.11. The average molecular weight is 695 g/mol. The van der Waals surface area contributed by atoms with Crippen molar-refractivity contribution in [3.05, 3.63) is 204 Å². The van der Waals surface area contributed by atoms with Crippen molar-refractivity contribution < 1.29 is 0 Å². The van der Waals surface area contributed by atoms with Gasteiger partial charge in [-0.1, -0.05) is 133 Å². The fourth-order valence-electron chi connectivity index (χ4n) is 8.83. The van der Waals surface area contributed by atoms with E-state index in [0.29, 0.717) is 0 Å². The van der Waals surface area contributed by atoms with Crippen LogP contribution in [-0.4, -0.2) is 13.1 Å². The van der Waals surface area contributed by atoms with Crippen LogP contribution < -0.4 is 9.80 Å². The first-order valence-corrected chi connectivity index (χ1v) is 19.4. The summed E-state index contributed by atoms with van der Waals surface area (Å²) in [4.78, 5) is 5.03. The van der Waals surface area contributed by atoms with E-state index >= 15 is 0 Å². The number of aryl methyl sites for hydroxylation is 2. The molecule has 0 aliphatic carbocycles. The molecule has 10 rings (SSSR count). The van der Waals surface area contributed by atoms with Crippen molar-refractivity contribution >= 4 is 55.9 Å². The summed E-state index contributed by atoms with van der Waals surface area (Å²) in [6.07, 6.45) is 6.92. The summed E-state index contributed by atoms with van der Waals surface area (Å²) in [7, 11) is 0. The lowest BCUT2D eigenvalue weighted by molar-refractivity contribution is 0.767. The first kappa shape index (κ1) is 32.3. The third kappa shape index (κ3) is 5.94. The van der Waals surface area contributed by atoms with Gasteiger partial charge in [0.1, 0.15) is 0 Å². The Bertz CT molecular complexity index is 2610. The van der Waals surface area contributed by atoms with Crippen molar-refractivity contribution in [2.24, 2.45) is 0 Å². The lowest BCUT2D eigenvalue weighted by atomic mass is 9.90. The minimum atomic E-state index is 1.03. The third-order valence-electron chi connectivity index (χ3n) is 11.4. The summed E-state index contributed by atoms with van der Waals surface area (Å²) in [5.74, 6) is 0. The van der Waals surface area contributed by atoms with E-state index in [2.05, 4.69) is 192 Å². The quantitative estimate of drug-likeness (QED) is 0.126. The Kier molecular flexibility index (Phi) is 8.30. The van der Waals surface area contributed by atoms with Crippen LogP contribution in [0.2, 0.25) is 0 Å². The van der Waals surface area contributed by atoms with Gasteiger partial charge >= 0.3 is 0 Å². The third-order valence-corrected chi connectivity index (χ3v) is 11.4.